The van der Waals surface area contributed by atoms with E-state index in [0.29, 0.717) is 22.3 Å². The number of benzene rings is 2. The summed E-state index contributed by atoms with van der Waals surface area (Å²) < 4.78 is 13.2. The van der Waals surface area contributed by atoms with Gasteiger partial charge in [0.1, 0.15) is 0 Å². The Kier molecular flexibility index (Phi) is 5.88. The third-order valence-electron chi connectivity index (χ3n) is 4.68. The van der Waals surface area contributed by atoms with E-state index in [1.54, 1.807) is 22.9 Å². The highest BCUT2D eigenvalue weighted by atomic mass is 79.9. The number of rotatable bonds is 6. The zero-order valence-electron chi connectivity index (χ0n) is 16.5. The average Bonchev–Trinajstić information content (AvgIpc) is 2.76. The number of methoxy groups -OCH3 is 1. The first-order chi connectivity index (χ1) is 14.9. The molecule has 1 aromatic heterocycles. The molecular formula is C20H18BrN4O5S+. The number of nitrogens with one attached hydrogen (secondary N) is 2. The molecule has 2 aromatic carbocycles. The van der Waals surface area contributed by atoms with Crippen molar-refractivity contribution < 1.29 is 24.1 Å². The molecule has 0 saturated carbocycles. The minimum Gasteiger partial charge on any atom is -0.493 e. The SMILES string of the molecule is COc1cc([C@H]2Nc3ccc(Br)cc3-c3c(=O)[nH]c(SC)n[n+]32)ccc1OCC(=O)O. The first-order valence-electron chi connectivity index (χ1n) is 9.10. The van der Waals surface area contributed by atoms with Gasteiger partial charge < -0.3 is 19.9 Å². The smallest absolute Gasteiger partial charge is 0.341 e. The van der Waals surface area contributed by atoms with Crippen LogP contribution in [-0.4, -0.2) is 41.1 Å². The second-order valence-electron chi connectivity index (χ2n) is 6.59. The number of hydrogen-bond acceptors (Lipinski definition) is 7. The highest BCUT2D eigenvalue weighted by Gasteiger charge is 2.38. The van der Waals surface area contributed by atoms with E-state index in [1.165, 1.54) is 18.9 Å². The van der Waals surface area contributed by atoms with Gasteiger partial charge in [0.2, 0.25) is 5.16 Å². The van der Waals surface area contributed by atoms with E-state index >= 15 is 0 Å². The number of halogens is 1. The Bertz CT molecular complexity index is 1230. The highest BCUT2D eigenvalue weighted by molar-refractivity contribution is 9.10. The van der Waals surface area contributed by atoms with Crippen molar-refractivity contribution in [2.75, 3.05) is 25.3 Å². The number of thioether (sulfide) groups is 1. The number of carboxylic acid groups (broad SMARTS) is 1. The van der Waals surface area contributed by atoms with Crippen molar-refractivity contribution in [1.29, 1.82) is 0 Å². The second kappa shape index (κ2) is 8.60. The van der Waals surface area contributed by atoms with Gasteiger partial charge in [-0.15, -0.1) is 0 Å². The number of H-pyrrole nitrogens is 1. The van der Waals surface area contributed by atoms with Gasteiger partial charge in [0.15, 0.2) is 18.1 Å². The standard InChI is InChI=1S/C20H17BrN4O5S/c1-29-15-7-10(3-6-14(15)30-9-16(26)27)18-22-13-5-4-11(21)8-12(13)17-19(28)23-20(31-2)24-25(17)18/h3-8,18H,9H2,1-2H3,(H2,23,24,26,27,28)/p+1/t18-/m0/s1. The van der Waals surface area contributed by atoms with Crippen LogP contribution in [0.1, 0.15) is 11.7 Å². The lowest BCUT2D eigenvalue weighted by Gasteiger charge is -2.23. The third kappa shape index (κ3) is 4.10. The van der Waals surface area contributed by atoms with Gasteiger partial charge in [0.25, 0.3) is 6.17 Å². The number of carboxylic acids is 1. The summed E-state index contributed by atoms with van der Waals surface area (Å²) in [5.41, 5.74) is 2.43. The quantitative estimate of drug-likeness (QED) is 0.345. The summed E-state index contributed by atoms with van der Waals surface area (Å²) in [6.07, 6.45) is 1.33. The largest absolute Gasteiger partial charge is 0.493 e. The van der Waals surface area contributed by atoms with Gasteiger partial charge in [0.05, 0.1) is 18.4 Å². The molecule has 0 saturated heterocycles. The summed E-state index contributed by atoms with van der Waals surface area (Å²) >= 11 is 4.79. The Balaban J connectivity index is 1.85. The molecular weight excluding hydrogens is 488 g/mol. The molecule has 1 aliphatic rings. The summed E-state index contributed by atoms with van der Waals surface area (Å²) in [5.74, 6) is -0.401. The molecule has 0 unspecified atom stereocenters. The zero-order valence-corrected chi connectivity index (χ0v) is 18.9. The van der Waals surface area contributed by atoms with E-state index in [0.717, 1.165) is 21.3 Å². The summed E-state index contributed by atoms with van der Waals surface area (Å²) in [5, 5.41) is 17.4. The monoisotopic (exact) mass is 505 g/mol. The topological polar surface area (TPSA) is 117 Å². The van der Waals surface area contributed by atoms with Crippen molar-refractivity contribution in [1.82, 2.24) is 10.1 Å². The fraction of sp³-hybridized carbons (Fsp3) is 0.200. The van der Waals surface area contributed by atoms with E-state index in [-0.39, 0.29) is 5.56 Å². The summed E-state index contributed by atoms with van der Waals surface area (Å²) in [7, 11) is 1.48. The highest BCUT2D eigenvalue weighted by Crippen LogP contribution is 2.36. The number of aromatic nitrogens is 3. The maximum absolute atomic E-state index is 12.9. The van der Waals surface area contributed by atoms with Crippen molar-refractivity contribution in [3.8, 4) is 22.8 Å². The number of aliphatic carboxylic acids is 1. The van der Waals surface area contributed by atoms with E-state index in [1.807, 2.05) is 24.5 Å². The Morgan fingerprint density at radius 2 is 2.10 bits per heavy atom. The van der Waals surface area contributed by atoms with Gasteiger partial charge in [-0.3, -0.25) is 9.78 Å². The average molecular weight is 506 g/mol. The lowest BCUT2D eigenvalue weighted by molar-refractivity contribution is -0.759. The van der Waals surface area contributed by atoms with Crippen molar-refractivity contribution >= 4 is 39.3 Å². The second-order valence-corrected chi connectivity index (χ2v) is 8.30. The molecule has 3 aromatic rings. The Morgan fingerprint density at radius 3 is 2.81 bits per heavy atom. The van der Waals surface area contributed by atoms with Gasteiger partial charge in [0, 0.05) is 15.1 Å². The lowest BCUT2D eigenvalue weighted by atomic mass is 10.0. The molecule has 2 heterocycles. The van der Waals surface area contributed by atoms with E-state index in [4.69, 9.17) is 14.6 Å². The number of anilines is 1. The van der Waals surface area contributed by atoms with Crippen molar-refractivity contribution in [3.63, 3.8) is 0 Å². The maximum atomic E-state index is 12.9. The molecule has 11 heteroatoms. The first-order valence-corrected chi connectivity index (χ1v) is 11.1. The maximum Gasteiger partial charge on any atom is 0.341 e. The zero-order chi connectivity index (χ0) is 22.1. The van der Waals surface area contributed by atoms with Gasteiger partial charge in [-0.1, -0.05) is 27.7 Å². The molecule has 0 spiro atoms. The molecule has 0 fully saturated rings. The van der Waals surface area contributed by atoms with E-state index in [2.05, 4.69) is 31.3 Å². The lowest BCUT2D eigenvalue weighted by Crippen LogP contribution is -2.55. The fourth-order valence-corrected chi connectivity index (χ4v) is 4.07. The number of aromatic amines is 1. The van der Waals surface area contributed by atoms with Crippen LogP contribution in [0.3, 0.4) is 0 Å². The Labute approximate surface area is 189 Å². The molecule has 31 heavy (non-hydrogen) atoms. The summed E-state index contributed by atoms with van der Waals surface area (Å²) in [4.78, 5) is 26.6. The normalized spacial score (nSPS) is 14.2. The summed E-state index contributed by atoms with van der Waals surface area (Å²) in [6, 6.07) is 10.8. The molecule has 160 valence electrons. The first kappa shape index (κ1) is 21.2. The van der Waals surface area contributed by atoms with Gasteiger partial charge >= 0.3 is 17.2 Å². The molecule has 1 aliphatic heterocycles. The number of fused-ring (bicyclic) bond motifs is 3. The number of carbonyl (C=O) groups is 1. The minimum atomic E-state index is -1.08. The molecule has 0 aliphatic carbocycles. The number of nitrogens with zero attached hydrogens (tertiary/aromatic N) is 2. The Hall–Kier alpha value is -3.05. The van der Waals surface area contributed by atoms with E-state index < -0.39 is 18.7 Å². The molecule has 4 rings (SSSR count). The third-order valence-corrected chi connectivity index (χ3v) is 5.75. The fourth-order valence-electron chi connectivity index (χ4n) is 3.34. The van der Waals surface area contributed by atoms with E-state index in [9.17, 15) is 9.59 Å². The van der Waals surface area contributed by atoms with Gasteiger partial charge in [-0.25, -0.2) is 4.79 Å². The van der Waals surface area contributed by atoms with Crippen LogP contribution in [0.5, 0.6) is 11.5 Å². The predicted molar refractivity (Wildman–Crippen MR) is 118 cm³/mol. The predicted octanol–water partition coefficient (Wildman–Crippen LogP) is 2.65. The molecule has 1 atom stereocenters. The van der Waals surface area contributed by atoms with Crippen molar-refractivity contribution in [2.24, 2.45) is 0 Å². The minimum absolute atomic E-state index is 0.251. The van der Waals surface area contributed by atoms with Crippen LogP contribution in [0, 0.1) is 0 Å². The number of hydrogen-bond donors (Lipinski definition) is 3. The van der Waals surface area contributed by atoms with Crippen LogP contribution in [0.25, 0.3) is 11.3 Å². The molecule has 3 N–H and O–H groups in total. The molecule has 0 bridgehead atoms. The molecule has 0 radical (unpaired) electrons. The Morgan fingerprint density at radius 1 is 1.29 bits per heavy atom. The molecule has 9 nitrogen and oxygen atoms in total. The van der Waals surface area contributed by atoms with Crippen LogP contribution in [0.4, 0.5) is 5.69 Å². The van der Waals surface area contributed by atoms with Gasteiger partial charge in [-0.05, 0) is 47.3 Å². The van der Waals surface area contributed by atoms with Crippen LogP contribution < -0.4 is 25.0 Å². The summed E-state index contributed by atoms with van der Waals surface area (Å²) in [6.45, 7) is -0.481. The van der Waals surface area contributed by atoms with Gasteiger partial charge in [-0.2, -0.15) is 0 Å². The van der Waals surface area contributed by atoms with Crippen molar-refractivity contribution in [2.45, 2.75) is 11.3 Å². The molecule has 0 amide bonds. The van der Waals surface area contributed by atoms with Crippen LogP contribution in [0.2, 0.25) is 0 Å². The number of ether oxygens (including phenoxy) is 2. The van der Waals surface area contributed by atoms with Crippen LogP contribution in [0.15, 0.2) is 50.8 Å². The van der Waals surface area contributed by atoms with Crippen molar-refractivity contribution in [3.05, 3.63) is 56.8 Å². The van der Waals surface area contributed by atoms with Crippen LogP contribution in [-0.2, 0) is 4.79 Å². The van der Waals surface area contributed by atoms with Crippen LogP contribution >= 0.6 is 27.7 Å².